The van der Waals surface area contributed by atoms with E-state index in [-0.39, 0.29) is 12.4 Å². The molecule has 94 valence electrons. The SMILES string of the molecule is Nc1cc(F)ccc1N1CCN(CCO)CC1. The number of nitrogens with zero attached hydrogens (tertiary/aromatic N) is 2. The van der Waals surface area contributed by atoms with Crippen molar-refractivity contribution in [3.05, 3.63) is 24.0 Å². The fraction of sp³-hybridized carbons (Fsp3) is 0.500. The molecule has 1 aromatic carbocycles. The first-order valence-electron chi connectivity index (χ1n) is 5.84. The van der Waals surface area contributed by atoms with Crippen molar-refractivity contribution in [3.8, 4) is 0 Å². The largest absolute Gasteiger partial charge is 0.397 e. The van der Waals surface area contributed by atoms with Gasteiger partial charge in [0, 0.05) is 32.7 Å². The first-order valence-corrected chi connectivity index (χ1v) is 5.84. The maximum Gasteiger partial charge on any atom is 0.125 e. The Morgan fingerprint density at radius 3 is 2.53 bits per heavy atom. The summed E-state index contributed by atoms with van der Waals surface area (Å²) in [6.07, 6.45) is 0. The van der Waals surface area contributed by atoms with Crippen LogP contribution in [0.15, 0.2) is 18.2 Å². The minimum atomic E-state index is -0.301. The van der Waals surface area contributed by atoms with Crippen molar-refractivity contribution >= 4 is 11.4 Å². The summed E-state index contributed by atoms with van der Waals surface area (Å²) in [5.41, 5.74) is 7.20. The van der Waals surface area contributed by atoms with Crippen molar-refractivity contribution in [2.75, 3.05) is 50.0 Å². The van der Waals surface area contributed by atoms with Gasteiger partial charge in [0.1, 0.15) is 5.82 Å². The van der Waals surface area contributed by atoms with Crippen molar-refractivity contribution in [1.29, 1.82) is 0 Å². The quantitative estimate of drug-likeness (QED) is 0.755. The number of piperazine rings is 1. The summed E-state index contributed by atoms with van der Waals surface area (Å²) >= 11 is 0. The number of aliphatic hydroxyl groups excluding tert-OH is 1. The van der Waals surface area contributed by atoms with Crippen LogP contribution in [0.1, 0.15) is 0 Å². The molecule has 1 aliphatic rings. The highest BCUT2D eigenvalue weighted by Gasteiger charge is 2.18. The molecule has 0 radical (unpaired) electrons. The molecule has 1 aromatic rings. The molecule has 0 amide bonds. The van der Waals surface area contributed by atoms with Crippen molar-refractivity contribution in [3.63, 3.8) is 0 Å². The van der Waals surface area contributed by atoms with E-state index in [9.17, 15) is 4.39 Å². The van der Waals surface area contributed by atoms with Crippen molar-refractivity contribution < 1.29 is 9.50 Å². The van der Waals surface area contributed by atoms with E-state index in [4.69, 9.17) is 10.8 Å². The van der Waals surface area contributed by atoms with Crippen LogP contribution in [-0.4, -0.2) is 49.3 Å². The lowest BCUT2D eigenvalue weighted by atomic mass is 10.2. The smallest absolute Gasteiger partial charge is 0.125 e. The Morgan fingerprint density at radius 1 is 1.24 bits per heavy atom. The number of hydrogen-bond donors (Lipinski definition) is 2. The maximum absolute atomic E-state index is 12.9. The van der Waals surface area contributed by atoms with E-state index in [1.807, 2.05) is 0 Å². The molecule has 2 rings (SSSR count). The second kappa shape index (κ2) is 5.33. The number of halogens is 1. The molecule has 0 aromatic heterocycles. The van der Waals surface area contributed by atoms with Gasteiger partial charge in [-0.15, -0.1) is 0 Å². The Labute approximate surface area is 100 Å². The molecule has 4 nitrogen and oxygen atoms in total. The molecule has 0 spiro atoms. The highest BCUT2D eigenvalue weighted by molar-refractivity contribution is 5.67. The monoisotopic (exact) mass is 239 g/mol. The summed E-state index contributed by atoms with van der Waals surface area (Å²) in [5, 5.41) is 8.86. The Kier molecular flexibility index (Phi) is 3.81. The van der Waals surface area contributed by atoms with Crippen LogP contribution in [0, 0.1) is 5.82 Å². The predicted octanol–water partition coefficient (Wildman–Crippen LogP) is 0.522. The first kappa shape index (κ1) is 12.1. The third kappa shape index (κ3) is 2.87. The van der Waals surface area contributed by atoms with Gasteiger partial charge in [-0.25, -0.2) is 4.39 Å². The summed E-state index contributed by atoms with van der Waals surface area (Å²) in [4.78, 5) is 4.36. The van der Waals surface area contributed by atoms with Gasteiger partial charge in [-0.05, 0) is 18.2 Å². The summed E-state index contributed by atoms with van der Waals surface area (Å²) in [6.45, 7) is 4.42. The van der Waals surface area contributed by atoms with E-state index in [0.717, 1.165) is 31.9 Å². The van der Waals surface area contributed by atoms with Gasteiger partial charge < -0.3 is 15.7 Å². The van der Waals surface area contributed by atoms with Crippen LogP contribution >= 0.6 is 0 Å². The Hall–Kier alpha value is -1.33. The molecule has 0 atom stereocenters. The summed E-state index contributed by atoms with van der Waals surface area (Å²) in [7, 11) is 0. The third-order valence-corrected chi connectivity index (χ3v) is 3.12. The number of aliphatic hydroxyl groups is 1. The fourth-order valence-electron chi connectivity index (χ4n) is 2.17. The molecule has 5 heteroatoms. The molecule has 0 aliphatic carbocycles. The molecule has 0 unspecified atom stereocenters. The van der Waals surface area contributed by atoms with Gasteiger partial charge in [-0.2, -0.15) is 0 Å². The van der Waals surface area contributed by atoms with Crippen LogP contribution in [0.5, 0.6) is 0 Å². The highest BCUT2D eigenvalue weighted by Crippen LogP contribution is 2.24. The zero-order valence-corrected chi connectivity index (χ0v) is 9.77. The minimum absolute atomic E-state index is 0.193. The molecule has 1 aliphatic heterocycles. The third-order valence-electron chi connectivity index (χ3n) is 3.12. The molecule has 0 bridgehead atoms. The number of hydrogen-bond acceptors (Lipinski definition) is 4. The summed E-state index contributed by atoms with van der Waals surface area (Å²) in [5.74, 6) is -0.301. The average molecular weight is 239 g/mol. The minimum Gasteiger partial charge on any atom is -0.397 e. The van der Waals surface area contributed by atoms with Crippen LogP contribution in [0.2, 0.25) is 0 Å². The van der Waals surface area contributed by atoms with Crippen LogP contribution in [0.25, 0.3) is 0 Å². The first-order chi connectivity index (χ1) is 8.20. The number of benzene rings is 1. The Morgan fingerprint density at radius 2 is 1.94 bits per heavy atom. The topological polar surface area (TPSA) is 52.7 Å². The number of nitrogen functional groups attached to an aromatic ring is 1. The second-order valence-electron chi connectivity index (χ2n) is 4.26. The number of anilines is 2. The van der Waals surface area contributed by atoms with E-state index in [1.54, 1.807) is 6.07 Å². The molecule has 17 heavy (non-hydrogen) atoms. The zero-order valence-electron chi connectivity index (χ0n) is 9.77. The second-order valence-corrected chi connectivity index (χ2v) is 4.26. The lowest BCUT2D eigenvalue weighted by Crippen LogP contribution is -2.47. The maximum atomic E-state index is 12.9. The lowest BCUT2D eigenvalue weighted by Gasteiger charge is -2.36. The van der Waals surface area contributed by atoms with Crippen LogP contribution < -0.4 is 10.6 Å². The van der Waals surface area contributed by atoms with E-state index in [0.29, 0.717) is 12.2 Å². The number of β-amino-alcohol motifs (C(OH)–C–C–N with tert-alkyl or cyclic N) is 1. The predicted molar refractivity (Wildman–Crippen MR) is 66.6 cm³/mol. The van der Waals surface area contributed by atoms with Crippen LogP contribution in [-0.2, 0) is 0 Å². The van der Waals surface area contributed by atoms with Gasteiger partial charge in [0.25, 0.3) is 0 Å². The zero-order chi connectivity index (χ0) is 12.3. The van der Waals surface area contributed by atoms with Gasteiger partial charge >= 0.3 is 0 Å². The number of nitrogens with two attached hydrogens (primary N) is 1. The standard InChI is InChI=1S/C12H18FN3O/c13-10-1-2-12(11(14)9-10)16-5-3-15(4-6-16)7-8-17/h1-2,9,17H,3-8,14H2. The molecular weight excluding hydrogens is 221 g/mol. The Balaban J connectivity index is 2.00. The Bertz CT molecular complexity index is 378. The van der Waals surface area contributed by atoms with E-state index in [2.05, 4.69) is 9.80 Å². The van der Waals surface area contributed by atoms with E-state index < -0.39 is 0 Å². The van der Waals surface area contributed by atoms with Crippen molar-refractivity contribution in [2.45, 2.75) is 0 Å². The normalized spacial score (nSPS) is 17.4. The van der Waals surface area contributed by atoms with Gasteiger partial charge in [0.2, 0.25) is 0 Å². The molecule has 0 saturated carbocycles. The average Bonchev–Trinajstić information content (AvgIpc) is 2.31. The van der Waals surface area contributed by atoms with Crippen molar-refractivity contribution in [2.24, 2.45) is 0 Å². The van der Waals surface area contributed by atoms with Gasteiger partial charge in [-0.1, -0.05) is 0 Å². The van der Waals surface area contributed by atoms with Gasteiger partial charge in [-0.3, -0.25) is 4.90 Å². The van der Waals surface area contributed by atoms with Crippen molar-refractivity contribution in [1.82, 2.24) is 4.90 Å². The molecular formula is C12H18FN3O. The number of rotatable bonds is 3. The molecule has 1 heterocycles. The lowest BCUT2D eigenvalue weighted by molar-refractivity contribution is 0.189. The highest BCUT2D eigenvalue weighted by atomic mass is 19.1. The van der Waals surface area contributed by atoms with E-state index >= 15 is 0 Å². The van der Waals surface area contributed by atoms with Gasteiger partial charge in [0.05, 0.1) is 18.0 Å². The molecule has 3 N–H and O–H groups in total. The summed E-state index contributed by atoms with van der Waals surface area (Å²) < 4.78 is 12.9. The van der Waals surface area contributed by atoms with Gasteiger partial charge in [0.15, 0.2) is 0 Å². The molecule has 1 saturated heterocycles. The summed E-state index contributed by atoms with van der Waals surface area (Å²) in [6, 6.07) is 4.52. The van der Waals surface area contributed by atoms with Crippen LogP contribution in [0.3, 0.4) is 0 Å². The van der Waals surface area contributed by atoms with Crippen LogP contribution in [0.4, 0.5) is 15.8 Å². The molecule has 1 fully saturated rings. The van der Waals surface area contributed by atoms with E-state index in [1.165, 1.54) is 12.1 Å². The fourth-order valence-corrected chi connectivity index (χ4v) is 2.17.